The van der Waals surface area contributed by atoms with Gasteiger partial charge in [-0.3, -0.25) is 4.79 Å². The highest BCUT2D eigenvalue weighted by atomic mass is 16.3. The second-order valence-corrected chi connectivity index (χ2v) is 5.07. The number of fused-ring (bicyclic) bond motifs is 3. The van der Waals surface area contributed by atoms with Crippen LogP contribution in [0.4, 0.5) is 0 Å². The maximum absolute atomic E-state index is 12.0. The largest absolute Gasteiger partial charge is 0.508 e. The topological polar surface area (TPSA) is 54.3 Å². The van der Waals surface area contributed by atoms with Crippen LogP contribution in [0.25, 0.3) is 10.9 Å². The van der Waals surface area contributed by atoms with Gasteiger partial charge in [0.05, 0.1) is 5.52 Å². The van der Waals surface area contributed by atoms with Crippen molar-refractivity contribution in [2.45, 2.75) is 25.4 Å². The highest BCUT2D eigenvalue weighted by molar-refractivity contribution is 5.93. The van der Waals surface area contributed by atoms with Gasteiger partial charge in [-0.15, -0.1) is 0 Å². The molecule has 1 unspecified atom stereocenters. The molecule has 0 bridgehead atoms. The number of hydrogen-bond acceptors (Lipinski definition) is 3. The summed E-state index contributed by atoms with van der Waals surface area (Å²) in [5, 5.41) is 14.1. The van der Waals surface area contributed by atoms with Crippen molar-refractivity contribution in [1.82, 2.24) is 9.88 Å². The smallest absolute Gasteiger partial charge is 0.157 e. The number of phenols is 1. The summed E-state index contributed by atoms with van der Waals surface area (Å²) in [4.78, 5) is 12.0. The number of carbonyl (C=O) groups excluding carboxylic acids is 1. The third kappa shape index (κ3) is 1.16. The average Bonchev–Trinajstić information content (AvgIpc) is 2.69. The molecule has 0 radical (unpaired) electrons. The second kappa shape index (κ2) is 3.36. The van der Waals surface area contributed by atoms with Crippen molar-refractivity contribution in [2.24, 2.45) is 0 Å². The summed E-state index contributed by atoms with van der Waals surface area (Å²) < 4.78 is 2.20. The Labute approximate surface area is 104 Å². The molecule has 0 saturated carbocycles. The van der Waals surface area contributed by atoms with Crippen LogP contribution < -0.4 is 5.32 Å². The summed E-state index contributed by atoms with van der Waals surface area (Å²) in [6.45, 7) is 1.58. The summed E-state index contributed by atoms with van der Waals surface area (Å²) >= 11 is 0. The number of aromatic nitrogens is 1. The highest BCUT2D eigenvalue weighted by Crippen LogP contribution is 2.37. The molecule has 0 spiro atoms. The standard InChI is InChI=1S/C14H14N2O2/c17-8-1-2-9-10-3-5-15-13-12(18)4-6-16(14(10)13)11(9)7-8/h1-2,7,13,15,17H,3-6H2. The number of hydrogen-bond donors (Lipinski definition) is 2. The summed E-state index contributed by atoms with van der Waals surface area (Å²) in [5.74, 6) is 0.575. The van der Waals surface area contributed by atoms with Crippen molar-refractivity contribution in [2.75, 3.05) is 6.54 Å². The van der Waals surface area contributed by atoms with Gasteiger partial charge < -0.3 is 15.0 Å². The molecular formula is C14H14N2O2. The van der Waals surface area contributed by atoms with Crippen LogP contribution in [0.5, 0.6) is 5.75 Å². The third-order valence-electron chi connectivity index (χ3n) is 4.10. The number of phenolic OH excluding ortho intramolecular Hbond substituents is 1. The minimum Gasteiger partial charge on any atom is -0.508 e. The molecular weight excluding hydrogens is 228 g/mol. The van der Waals surface area contributed by atoms with Crippen LogP contribution in [-0.2, 0) is 17.8 Å². The van der Waals surface area contributed by atoms with Crippen molar-refractivity contribution in [3.8, 4) is 5.75 Å². The molecule has 0 fully saturated rings. The fraction of sp³-hybridized carbons (Fsp3) is 0.357. The zero-order valence-electron chi connectivity index (χ0n) is 9.94. The van der Waals surface area contributed by atoms with Gasteiger partial charge in [0.25, 0.3) is 0 Å². The number of ketones is 1. The van der Waals surface area contributed by atoms with Gasteiger partial charge in [-0.1, -0.05) is 0 Å². The van der Waals surface area contributed by atoms with E-state index in [9.17, 15) is 9.90 Å². The van der Waals surface area contributed by atoms with E-state index in [0.29, 0.717) is 6.42 Å². The predicted molar refractivity (Wildman–Crippen MR) is 67.7 cm³/mol. The lowest BCUT2D eigenvalue weighted by molar-refractivity contribution is -0.122. The maximum Gasteiger partial charge on any atom is 0.157 e. The van der Waals surface area contributed by atoms with E-state index >= 15 is 0 Å². The summed E-state index contributed by atoms with van der Waals surface area (Å²) in [7, 11) is 0. The van der Waals surface area contributed by atoms with Gasteiger partial charge in [-0.2, -0.15) is 0 Å². The van der Waals surface area contributed by atoms with Crippen LogP contribution >= 0.6 is 0 Å². The SMILES string of the molecule is O=C1CCn2c3c(c4ccc(O)cc42)CCNC13. The fourth-order valence-electron chi connectivity index (χ4n) is 3.33. The van der Waals surface area contributed by atoms with E-state index in [-0.39, 0.29) is 17.6 Å². The predicted octanol–water partition coefficient (Wildman–Crippen LogP) is 1.51. The first-order valence-electron chi connectivity index (χ1n) is 6.36. The minimum absolute atomic E-state index is 0.142. The molecule has 4 rings (SSSR count). The number of nitrogens with one attached hydrogen (secondary N) is 1. The molecule has 0 amide bonds. The van der Waals surface area contributed by atoms with E-state index in [2.05, 4.69) is 9.88 Å². The van der Waals surface area contributed by atoms with E-state index in [0.717, 1.165) is 30.7 Å². The number of carbonyl (C=O) groups is 1. The first kappa shape index (κ1) is 10.1. The Morgan fingerprint density at radius 2 is 2.22 bits per heavy atom. The third-order valence-corrected chi connectivity index (χ3v) is 4.10. The van der Waals surface area contributed by atoms with Gasteiger partial charge in [0.2, 0.25) is 0 Å². The zero-order valence-corrected chi connectivity index (χ0v) is 9.94. The molecule has 18 heavy (non-hydrogen) atoms. The van der Waals surface area contributed by atoms with E-state index < -0.39 is 0 Å². The lowest BCUT2D eigenvalue weighted by Crippen LogP contribution is -2.39. The Kier molecular flexibility index (Phi) is 1.89. The Morgan fingerprint density at radius 3 is 3.11 bits per heavy atom. The van der Waals surface area contributed by atoms with Gasteiger partial charge in [-0.25, -0.2) is 0 Å². The van der Waals surface area contributed by atoms with E-state index in [4.69, 9.17) is 0 Å². The molecule has 92 valence electrons. The molecule has 0 saturated heterocycles. The van der Waals surface area contributed by atoms with Crippen molar-refractivity contribution in [3.05, 3.63) is 29.5 Å². The summed E-state index contributed by atoms with van der Waals surface area (Å²) in [5.41, 5.74) is 3.46. The van der Waals surface area contributed by atoms with Crippen molar-refractivity contribution >= 4 is 16.7 Å². The van der Waals surface area contributed by atoms with E-state index in [1.807, 2.05) is 6.07 Å². The molecule has 2 aliphatic rings. The zero-order chi connectivity index (χ0) is 12.3. The fourth-order valence-corrected chi connectivity index (χ4v) is 3.33. The Balaban J connectivity index is 2.11. The van der Waals surface area contributed by atoms with Gasteiger partial charge in [0.15, 0.2) is 5.78 Å². The number of aromatic hydroxyl groups is 1. The molecule has 4 heteroatoms. The lowest BCUT2D eigenvalue weighted by Gasteiger charge is -2.29. The van der Waals surface area contributed by atoms with Crippen LogP contribution in [0, 0.1) is 0 Å². The first-order valence-corrected chi connectivity index (χ1v) is 6.36. The second-order valence-electron chi connectivity index (χ2n) is 5.07. The quantitative estimate of drug-likeness (QED) is 0.736. The molecule has 2 aliphatic heterocycles. The van der Waals surface area contributed by atoms with Gasteiger partial charge >= 0.3 is 0 Å². The van der Waals surface area contributed by atoms with Crippen LogP contribution in [0.2, 0.25) is 0 Å². The Bertz CT molecular complexity index is 672. The number of nitrogens with zero attached hydrogens (tertiary/aromatic N) is 1. The van der Waals surface area contributed by atoms with Gasteiger partial charge in [-0.05, 0) is 24.1 Å². The molecule has 2 N–H and O–H groups in total. The molecule has 2 aromatic rings. The monoisotopic (exact) mass is 242 g/mol. The Morgan fingerprint density at radius 1 is 1.33 bits per heavy atom. The van der Waals surface area contributed by atoms with Crippen LogP contribution in [0.15, 0.2) is 18.2 Å². The minimum atomic E-state index is -0.142. The lowest BCUT2D eigenvalue weighted by atomic mass is 9.93. The van der Waals surface area contributed by atoms with Crippen LogP contribution in [0.3, 0.4) is 0 Å². The molecule has 1 aromatic carbocycles. The summed E-state index contributed by atoms with van der Waals surface area (Å²) in [6.07, 6.45) is 1.52. The maximum atomic E-state index is 12.0. The van der Waals surface area contributed by atoms with Crippen LogP contribution in [0.1, 0.15) is 23.7 Å². The van der Waals surface area contributed by atoms with E-state index in [1.54, 1.807) is 12.1 Å². The molecule has 1 atom stereocenters. The normalized spacial score (nSPS) is 22.2. The summed E-state index contributed by atoms with van der Waals surface area (Å²) in [6, 6.07) is 5.36. The number of benzene rings is 1. The molecule has 3 heterocycles. The Hall–Kier alpha value is -1.81. The van der Waals surface area contributed by atoms with E-state index in [1.165, 1.54) is 10.9 Å². The number of rotatable bonds is 0. The van der Waals surface area contributed by atoms with Crippen LogP contribution in [-0.4, -0.2) is 22.0 Å². The number of Topliss-reactive ketones (excluding diaryl/α,β-unsaturated/α-hetero) is 1. The average molecular weight is 242 g/mol. The van der Waals surface area contributed by atoms with Crippen molar-refractivity contribution in [1.29, 1.82) is 0 Å². The van der Waals surface area contributed by atoms with Gasteiger partial charge in [0, 0.05) is 36.7 Å². The van der Waals surface area contributed by atoms with Crippen molar-refractivity contribution < 1.29 is 9.90 Å². The first-order chi connectivity index (χ1) is 8.75. The number of aryl methyl sites for hydroxylation is 1. The molecule has 4 nitrogen and oxygen atoms in total. The van der Waals surface area contributed by atoms with Gasteiger partial charge in [0.1, 0.15) is 11.8 Å². The van der Waals surface area contributed by atoms with Crippen molar-refractivity contribution in [3.63, 3.8) is 0 Å². The highest BCUT2D eigenvalue weighted by Gasteiger charge is 2.34. The molecule has 0 aliphatic carbocycles. The molecule has 1 aromatic heterocycles.